The first-order chi connectivity index (χ1) is 8.62. The van der Waals surface area contributed by atoms with Crippen LogP contribution in [0.15, 0.2) is 12.7 Å². The molecule has 6 nitrogen and oxygen atoms in total. The summed E-state index contributed by atoms with van der Waals surface area (Å²) in [7, 11) is 1.42. The molecule has 1 rings (SSSR count). The van der Waals surface area contributed by atoms with E-state index in [0.29, 0.717) is 0 Å². The number of nitrogens with one attached hydrogen (secondary N) is 1. The Hall–Kier alpha value is -1.43. The summed E-state index contributed by atoms with van der Waals surface area (Å²) in [6.07, 6.45) is 5.86. The van der Waals surface area contributed by atoms with E-state index >= 15 is 0 Å². The summed E-state index contributed by atoms with van der Waals surface area (Å²) in [4.78, 5) is 15.6. The van der Waals surface area contributed by atoms with Crippen LogP contribution >= 0.6 is 0 Å². The SMILES string of the molecule is CCNC(C)(CCCCn1cncn1)C(=O)OC. The van der Waals surface area contributed by atoms with E-state index in [-0.39, 0.29) is 5.97 Å². The maximum atomic E-state index is 11.7. The lowest BCUT2D eigenvalue weighted by Gasteiger charge is -2.27. The normalized spacial score (nSPS) is 14.2. The fraction of sp³-hybridized carbons (Fsp3) is 0.750. The minimum atomic E-state index is -0.591. The molecule has 18 heavy (non-hydrogen) atoms. The van der Waals surface area contributed by atoms with Gasteiger partial charge in [-0.25, -0.2) is 4.98 Å². The molecule has 0 saturated carbocycles. The molecule has 0 aliphatic carbocycles. The van der Waals surface area contributed by atoms with E-state index in [1.807, 2.05) is 13.8 Å². The van der Waals surface area contributed by atoms with Crippen LogP contribution in [0.1, 0.15) is 33.1 Å². The lowest BCUT2D eigenvalue weighted by molar-refractivity contribution is -0.148. The number of hydrogen-bond donors (Lipinski definition) is 1. The number of likely N-dealkylation sites (N-methyl/N-ethyl adjacent to an activating group) is 1. The van der Waals surface area contributed by atoms with Crippen LogP contribution < -0.4 is 5.32 Å². The van der Waals surface area contributed by atoms with Gasteiger partial charge < -0.3 is 10.1 Å². The number of aryl methyl sites for hydroxylation is 1. The zero-order valence-electron chi connectivity index (χ0n) is 11.3. The summed E-state index contributed by atoms with van der Waals surface area (Å²) in [5.74, 6) is -0.204. The van der Waals surface area contributed by atoms with E-state index in [1.54, 1.807) is 11.0 Å². The molecule has 0 aliphatic heterocycles. The second-order valence-electron chi connectivity index (χ2n) is 4.47. The molecule has 0 aliphatic rings. The van der Waals surface area contributed by atoms with Crippen LogP contribution in [0, 0.1) is 0 Å². The first kappa shape index (κ1) is 14.6. The number of nitrogens with zero attached hydrogens (tertiary/aromatic N) is 3. The van der Waals surface area contributed by atoms with Gasteiger partial charge in [0.2, 0.25) is 0 Å². The maximum absolute atomic E-state index is 11.7. The lowest BCUT2D eigenvalue weighted by Crippen LogP contribution is -2.50. The van der Waals surface area contributed by atoms with Gasteiger partial charge in [0.15, 0.2) is 0 Å². The largest absolute Gasteiger partial charge is 0.468 e. The Morgan fingerprint density at radius 2 is 2.28 bits per heavy atom. The molecular formula is C12H22N4O2. The highest BCUT2D eigenvalue weighted by molar-refractivity contribution is 5.80. The van der Waals surface area contributed by atoms with Crippen molar-refractivity contribution in [3.63, 3.8) is 0 Å². The topological polar surface area (TPSA) is 69.0 Å². The molecule has 0 fully saturated rings. The van der Waals surface area contributed by atoms with Gasteiger partial charge in [-0.3, -0.25) is 9.48 Å². The van der Waals surface area contributed by atoms with Crippen LogP contribution in [0.5, 0.6) is 0 Å². The summed E-state index contributed by atoms with van der Waals surface area (Å²) < 4.78 is 6.64. The number of esters is 1. The van der Waals surface area contributed by atoms with Gasteiger partial charge in [-0.2, -0.15) is 5.10 Å². The van der Waals surface area contributed by atoms with E-state index < -0.39 is 5.54 Å². The fourth-order valence-corrected chi connectivity index (χ4v) is 1.98. The number of unbranched alkanes of at least 4 members (excludes halogenated alkanes) is 1. The van der Waals surface area contributed by atoms with Crippen LogP contribution in [0.3, 0.4) is 0 Å². The molecule has 0 bridgehead atoms. The average molecular weight is 254 g/mol. The molecule has 0 aromatic carbocycles. The Morgan fingerprint density at radius 1 is 1.50 bits per heavy atom. The van der Waals surface area contributed by atoms with Gasteiger partial charge in [0.05, 0.1) is 7.11 Å². The molecule has 0 spiro atoms. The second-order valence-corrected chi connectivity index (χ2v) is 4.47. The molecule has 0 amide bonds. The molecule has 0 radical (unpaired) electrons. The third-order valence-electron chi connectivity index (χ3n) is 2.98. The predicted octanol–water partition coefficient (Wildman–Crippen LogP) is 0.990. The third kappa shape index (κ3) is 4.10. The third-order valence-corrected chi connectivity index (χ3v) is 2.98. The van der Waals surface area contributed by atoms with Crippen molar-refractivity contribution < 1.29 is 9.53 Å². The van der Waals surface area contributed by atoms with Gasteiger partial charge in [-0.05, 0) is 32.7 Å². The van der Waals surface area contributed by atoms with Crippen molar-refractivity contribution in [2.45, 2.75) is 45.2 Å². The van der Waals surface area contributed by atoms with Gasteiger partial charge in [0.1, 0.15) is 18.2 Å². The highest BCUT2D eigenvalue weighted by atomic mass is 16.5. The van der Waals surface area contributed by atoms with E-state index in [2.05, 4.69) is 15.4 Å². The molecule has 1 atom stereocenters. The number of rotatable bonds is 8. The van der Waals surface area contributed by atoms with Crippen molar-refractivity contribution >= 4 is 5.97 Å². The van der Waals surface area contributed by atoms with Crippen molar-refractivity contribution in [1.82, 2.24) is 20.1 Å². The van der Waals surface area contributed by atoms with Gasteiger partial charge >= 0.3 is 5.97 Å². The minimum Gasteiger partial charge on any atom is -0.468 e. The fourth-order valence-electron chi connectivity index (χ4n) is 1.98. The molecular weight excluding hydrogens is 232 g/mol. The number of aromatic nitrogens is 3. The van der Waals surface area contributed by atoms with Gasteiger partial charge in [0.25, 0.3) is 0 Å². The standard InChI is InChI=1S/C12H22N4O2/c1-4-14-12(2,11(17)18-3)7-5-6-8-16-10-13-9-15-16/h9-10,14H,4-8H2,1-3H3. The molecule has 1 N–H and O–H groups in total. The Morgan fingerprint density at radius 3 is 2.83 bits per heavy atom. The van der Waals surface area contributed by atoms with Crippen molar-refractivity contribution in [3.05, 3.63) is 12.7 Å². The molecule has 1 aromatic heterocycles. The zero-order valence-corrected chi connectivity index (χ0v) is 11.3. The van der Waals surface area contributed by atoms with Crippen molar-refractivity contribution in [3.8, 4) is 0 Å². The van der Waals surface area contributed by atoms with Crippen LogP contribution in [-0.4, -0.2) is 39.9 Å². The molecule has 0 saturated heterocycles. The number of carbonyl (C=O) groups is 1. The van der Waals surface area contributed by atoms with Crippen LogP contribution in [0.25, 0.3) is 0 Å². The predicted molar refractivity (Wildman–Crippen MR) is 68.0 cm³/mol. The second kappa shape index (κ2) is 7.10. The lowest BCUT2D eigenvalue weighted by atomic mass is 9.95. The molecule has 6 heteroatoms. The molecule has 102 valence electrons. The average Bonchev–Trinajstić information content (AvgIpc) is 2.87. The molecule has 1 unspecified atom stereocenters. The Kier molecular flexibility index (Phi) is 5.77. The number of carbonyl (C=O) groups excluding carboxylic acids is 1. The quantitative estimate of drug-likeness (QED) is 0.553. The number of hydrogen-bond acceptors (Lipinski definition) is 5. The molecule has 1 heterocycles. The number of methoxy groups -OCH3 is 1. The zero-order chi connectivity index (χ0) is 13.4. The van der Waals surface area contributed by atoms with E-state index in [9.17, 15) is 4.79 Å². The highest BCUT2D eigenvalue weighted by Gasteiger charge is 2.32. The van der Waals surface area contributed by atoms with E-state index in [1.165, 1.54) is 13.4 Å². The maximum Gasteiger partial charge on any atom is 0.325 e. The first-order valence-electron chi connectivity index (χ1n) is 6.28. The Bertz CT molecular complexity index is 353. The Labute approximate surface area is 108 Å². The summed E-state index contributed by atoms with van der Waals surface area (Å²) in [6, 6.07) is 0. The van der Waals surface area contributed by atoms with E-state index in [4.69, 9.17) is 4.74 Å². The highest BCUT2D eigenvalue weighted by Crippen LogP contribution is 2.16. The van der Waals surface area contributed by atoms with E-state index in [0.717, 1.165) is 32.4 Å². The Balaban J connectivity index is 2.35. The monoisotopic (exact) mass is 254 g/mol. The summed E-state index contributed by atoms with van der Waals surface area (Å²) in [6.45, 7) is 5.44. The van der Waals surface area contributed by atoms with Crippen LogP contribution in [0.2, 0.25) is 0 Å². The van der Waals surface area contributed by atoms with Gasteiger partial charge in [-0.15, -0.1) is 0 Å². The molecule has 1 aromatic rings. The smallest absolute Gasteiger partial charge is 0.325 e. The van der Waals surface area contributed by atoms with Gasteiger partial charge in [0, 0.05) is 6.54 Å². The van der Waals surface area contributed by atoms with Gasteiger partial charge in [-0.1, -0.05) is 6.92 Å². The van der Waals surface area contributed by atoms with Crippen molar-refractivity contribution in [2.24, 2.45) is 0 Å². The first-order valence-corrected chi connectivity index (χ1v) is 6.28. The summed E-state index contributed by atoms with van der Waals surface area (Å²) >= 11 is 0. The number of ether oxygens (including phenoxy) is 1. The van der Waals surface area contributed by atoms with Crippen LogP contribution in [-0.2, 0) is 16.1 Å². The minimum absolute atomic E-state index is 0.204. The van der Waals surface area contributed by atoms with Crippen molar-refractivity contribution in [2.75, 3.05) is 13.7 Å². The summed E-state index contributed by atoms with van der Waals surface area (Å²) in [5, 5.41) is 7.23. The van der Waals surface area contributed by atoms with Crippen LogP contribution in [0.4, 0.5) is 0 Å². The van der Waals surface area contributed by atoms with Crippen molar-refractivity contribution in [1.29, 1.82) is 0 Å². The summed E-state index contributed by atoms with van der Waals surface area (Å²) in [5.41, 5.74) is -0.591.